The first-order valence-corrected chi connectivity index (χ1v) is 9.51. The molecule has 0 spiro atoms. The number of nitrogens with one attached hydrogen (secondary N) is 1. The maximum atomic E-state index is 12.2. The summed E-state index contributed by atoms with van der Waals surface area (Å²) in [6.07, 6.45) is 0. The molecule has 0 atom stereocenters. The van der Waals surface area contributed by atoms with Crippen LogP contribution in [0.15, 0.2) is 41.3 Å². The molecule has 1 aromatic carbocycles. The Kier molecular flexibility index (Phi) is 3.83. The Balaban J connectivity index is 1.59. The summed E-state index contributed by atoms with van der Waals surface area (Å²) < 4.78 is 0. The number of thiazole rings is 1. The van der Waals surface area contributed by atoms with Gasteiger partial charge in [-0.2, -0.15) is 0 Å². The second-order valence-electron chi connectivity index (χ2n) is 4.92. The molecule has 3 heterocycles. The van der Waals surface area contributed by atoms with Crippen LogP contribution in [0.1, 0.15) is 14.5 Å². The summed E-state index contributed by atoms with van der Waals surface area (Å²) in [6.45, 7) is 0. The standard InChI is InChI=1S/C15H9N3O3S3/c19-14(10-5-6-12(23-10)18(20)21)17-15-16-13-8-3-1-2-4-9(8)22-7-11(13)24-15/h1-6H,7H2,(H,16,17,19). The number of hydrogen-bond donors (Lipinski definition) is 1. The molecule has 0 saturated carbocycles. The Morgan fingerprint density at radius 2 is 2.04 bits per heavy atom. The summed E-state index contributed by atoms with van der Waals surface area (Å²) in [4.78, 5) is 29.6. The molecule has 2 aromatic heterocycles. The van der Waals surface area contributed by atoms with Crippen LogP contribution in [0.2, 0.25) is 0 Å². The molecule has 24 heavy (non-hydrogen) atoms. The SMILES string of the molecule is O=C(Nc1nc2c(s1)CSc1ccccc1-2)c1ccc([N+](=O)[O-])s1. The average Bonchev–Trinajstić information content (AvgIpc) is 3.21. The third kappa shape index (κ3) is 2.70. The minimum absolute atomic E-state index is 0.0519. The third-order valence-corrected chi connectivity index (χ3v) is 6.70. The highest BCUT2D eigenvalue weighted by atomic mass is 32.2. The summed E-state index contributed by atoms with van der Waals surface area (Å²) in [5, 5.41) is 13.9. The van der Waals surface area contributed by atoms with Crippen LogP contribution in [-0.4, -0.2) is 15.8 Å². The number of thioether (sulfide) groups is 1. The van der Waals surface area contributed by atoms with Crippen molar-refractivity contribution in [3.8, 4) is 11.3 Å². The fourth-order valence-electron chi connectivity index (χ4n) is 2.35. The van der Waals surface area contributed by atoms with Crippen LogP contribution in [0.25, 0.3) is 11.3 Å². The summed E-state index contributed by atoms with van der Waals surface area (Å²) >= 11 is 4.05. The molecule has 120 valence electrons. The molecule has 1 amide bonds. The van der Waals surface area contributed by atoms with Gasteiger partial charge in [0.25, 0.3) is 5.91 Å². The zero-order valence-electron chi connectivity index (χ0n) is 12.0. The van der Waals surface area contributed by atoms with E-state index in [0.29, 0.717) is 10.0 Å². The summed E-state index contributed by atoms with van der Waals surface area (Å²) in [6, 6.07) is 10.8. The number of fused-ring (bicyclic) bond motifs is 3. The molecular formula is C15H9N3O3S3. The van der Waals surface area contributed by atoms with Crippen LogP contribution in [0.3, 0.4) is 0 Å². The summed E-state index contributed by atoms with van der Waals surface area (Å²) in [5.74, 6) is 0.449. The van der Waals surface area contributed by atoms with Gasteiger partial charge in [-0.25, -0.2) is 4.98 Å². The Hall–Kier alpha value is -2.23. The normalized spacial score (nSPS) is 12.3. The molecule has 1 aliphatic rings. The first-order chi connectivity index (χ1) is 11.6. The highest BCUT2D eigenvalue weighted by Crippen LogP contribution is 2.44. The van der Waals surface area contributed by atoms with Crippen molar-refractivity contribution < 1.29 is 9.72 Å². The Bertz CT molecular complexity index is 964. The summed E-state index contributed by atoms with van der Waals surface area (Å²) in [5.41, 5.74) is 1.98. The second kappa shape index (κ2) is 6.00. The van der Waals surface area contributed by atoms with E-state index in [1.165, 1.54) is 28.4 Å². The van der Waals surface area contributed by atoms with E-state index in [9.17, 15) is 14.9 Å². The quantitative estimate of drug-likeness (QED) is 0.532. The van der Waals surface area contributed by atoms with Gasteiger partial charge in [-0.05, 0) is 12.1 Å². The van der Waals surface area contributed by atoms with Crippen molar-refractivity contribution in [3.05, 3.63) is 56.3 Å². The van der Waals surface area contributed by atoms with Gasteiger partial charge < -0.3 is 0 Å². The van der Waals surface area contributed by atoms with Crippen LogP contribution in [0, 0.1) is 10.1 Å². The monoisotopic (exact) mass is 375 g/mol. The fourth-order valence-corrected chi connectivity index (χ4v) is 5.16. The van der Waals surface area contributed by atoms with E-state index >= 15 is 0 Å². The van der Waals surface area contributed by atoms with E-state index in [1.54, 1.807) is 11.8 Å². The number of amides is 1. The molecule has 3 aromatic rings. The average molecular weight is 375 g/mol. The lowest BCUT2D eigenvalue weighted by Gasteiger charge is -2.13. The molecule has 9 heteroatoms. The number of carbonyl (C=O) groups excluding carboxylic acids is 1. The van der Waals surface area contributed by atoms with E-state index in [0.717, 1.165) is 33.2 Å². The molecule has 0 saturated heterocycles. The van der Waals surface area contributed by atoms with Gasteiger partial charge >= 0.3 is 5.00 Å². The predicted octanol–water partition coefficient (Wildman–Crippen LogP) is 4.64. The van der Waals surface area contributed by atoms with E-state index < -0.39 is 4.92 Å². The highest BCUT2D eigenvalue weighted by Gasteiger charge is 2.22. The Morgan fingerprint density at radius 1 is 1.21 bits per heavy atom. The van der Waals surface area contributed by atoms with Gasteiger partial charge in [0.05, 0.1) is 15.5 Å². The maximum absolute atomic E-state index is 12.2. The van der Waals surface area contributed by atoms with Crippen LogP contribution in [-0.2, 0) is 5.75 Å². The maximum Gasteiger partial charge on any atom is 0.324 e. The smallest absolute Gasteiger partial charge is 0.297 e. The topological polar surface area (TPSA) is 85.1 Å². The van der Waals surface area contributed by atoms with Gasteiger partial charge in [-0.15, -0.1) is 23.1 Å². The van der Waals surface area contributed by atoms with Gasteiger partial charge in [0.1, 0.15) is 0 Å². The number of anilines is 1. The van der Waals surface area contributed by atoms with Crippen LogP contribution >= 0.6 is 34.4 Å². The molecule has 0 fully saturated rings. The minimum atomic E-state index is -0.502. The number of nitrogens with zero attached hydrogens (tertiary/aromatic N) is 2. The number of nitro groups is 1. The largest absolute Gasteiger partial charge is 0.324 e. The van der Waals surface area contributed by atoms with Gasteiger partial charge in [0.2, 0.25) is 0 Å². The Morgan fingerprint density at radius 3 is 2.83 bits per heavy atom. The fraction of sp³-hybridized carbons (Fsp3) is 0.0667. The lowest BCUT2D eigenvalue weighted by Crippen LogP contribution is -2.09. The molecule has 0 radical (unpaired) electrons. The Labute approximate surface area is 148 Å². The lowest BCUT2D eigenvalue weighted by atomic mass is 10.1. The number of thiophene rings is 1. The van der Waals surface area contributed by atoms with Crippen molar-refractivity contribution in [1.29, 1.82) is 0 Å². The highest BCUT2D eigenvalue weighted by molar-refractivity contribution is 7.98. The van der Waals surface area contributed by atoms with Gasteiger partial charge in [-0.1, -0.05) is 29.5 Å². The van der Waals surface area contributed by atoms with Crippen LogP contribution < -0.4 is 5.32 Å². The predicted molar refractivity (Wildman–Crippen MR) is 96.0 cm³/mol. The van der Waals surface area contributed by atoms with Crippen LogP contribution in [0.4, 0.5) is 10.1 Å². The zero-order chi connectivity index (χ0) is 16.7. The first-order valence-electron chi connectivity index (χ1n) is 6.89. The number of benzene rings is 1. The van der Waals surface area contributed by atoms with E-state index in [2.05, 4.69) is 16.4 Å². The lowest BCUT2D eigenvalue weighted by molar-refractivity contribution is -0.380. The van der Waals surface area contributed by atoms with E-state index in [-0.39, 0.29) is 10.9 Å². The van der Waals surface area contributed by atoms with Crippen molar-refractivity contribution in [2.24, 2.45) is 0 Å². The second-order valence-corrected chi connectivity index (χ2v) is 8.09. The molecule has 1 aliphatic heterocycles. The number of carbonyl (C=O) groups is 1. The molecule has 4 rings (SSSR count). The van der Waals surface area contributed by atoms with Gasteiger partial charge in [0.15, 0.2) is 5.13 Å². The number of aromatic nitrogens is 1. The van der Waals surface area contributed by atoms with Gasteiger partial charge in [0, 0.05) is 27.2 Å². The number of rotatable bonds is 3. The van der Waals surface area contributed by atoms with Crippen molar-refractivity contribution in [1.82, 2.24) is 4.98 Å². The van der Waals surface area contributed by atoms with Crippen molar-refractivity contribution in [2.45, 2.75) is 10.6 Å². The van der Waals surface area contributed by atoms with Crippen molar-refractivity contribution in [3.63, 3.8) is 0 Å². The molecule has 0 unspecified atom stereocenters. The molecular weight excluding hydrogens is 366 g/mol. The number of hydrogen-bond acceptors (Lipinski definition) is 7. The summed E-state index contributed by atoms with van der Waals surface area (Å²) in [7, 11) is 0. The van der Waals surface area contributed by atoms with Crippen molar-refractivity contribution in [2.75, 3.05) is 5.32 Å². The van der Waals surface area contributed by atoms with E-state index in [1.807, 2.05) is 18.2 Å². The van der Waals surface area contributed by atoms with Crippen LogP contribution in [0.5, 0.6) is 0 Å². The molecule has 0 aliphatic carbocycles. The first kappa shape index (κ1) is 15.3. The van der Waals surface area contributed by atoms with Gasteiger partial charge in [-0.3, -0.25) is 20.2 Å². The molecule has 0 bridgehead atoms. The molecule has 6 nitrogen and oxygen atoms in total. The van der Waals surface area contributed by atoms with Crippen molar-refractivity contribution >= 4 is 50.5 Å². The van der Waals surface area contributed by atoms with E-state index in [4.69, 9.17) is 0 Å². The third-order valence-electron chi connectivity index (χ3n) is 3.41. The molecule has 1 N–H and O–H groups in total. The minimum Gasteiger partial charge on any atom is -0.297 e. The zero-order valence-corrected chi connectivity index (χ0v) is 14.5.